The maximum Gasteiger partial charge on any atom is 0.302 e. The van der Waals surface area contributed by atoms with Crippen LogP contribution in [0, 0.1) is 56.7 Å². The second kappa shape index (κ2) is 8.19. The summed E-state index contributed by atoms with van der Waals surface area (Å²) in [5.74, 6) is 3.05. The van der Waals surface area contributed by atoms with Gasteiger partial charge in [0.15, 0.2) is 0 Å². The summed E-state index contributed by atoms with van der Waals surface area (Å²) in [5, 5.41) is 9.62. The fourth-order valence-corrected chi connectivity index (χ4v) is 12.0. The first-order valence-electron chi connectivity index (χ1n) is 14.7. The molecule has 0 spiro atoms. The van der Waals surface area contributed by atoms with Crippen LogP contribution in [0.3, 0.4) is 0 Å². The number of carbonyl (C=O) groups excluding carboxylic acids is 1. The molecule has 5 aliphatic carbocycles. The molecular formula is C31H52O4. The number of esters is 1. The first-order chi connectivity index (χ1) is 16.2. The molecule has 0 radical (unpaired) electrons. The van der Waals surface area contributed by atoms with Crippen LogP contribution in [0.5, 0.6) is 0 Å². The van der Waals surface area contributed by atoms with Gasteiger partial charge in [-0.05, 0) is 122 Å². The molecule has 0 aromatic heterocycles. The summed E-state index contributed by atoms with van der Waals surface area (Å²) in [6.07, 6.45) is 12.5. The van der Waals surface area contributed by atoms with E-state index in [4.69, 9.17) is 9.62 Å². The van der Waals surface area contributed by atoms with Crippen LogP contribution in [0.25, 0.3) is 0 Å². The van der Waals surface area contributed by atoms with Gasteiger partial charge in [-0.25, -0.2) is 4.89 Å². The van der Waals surface area contributed by atoms with E-state index in [2.05, 4.69) is 48.5 Å². The second-order valence-corrected chi connectivity index (χ2v) is 15.3. The van der Waals surface area contributed by atoms with E-state index in [0.717, 1.165) is 18.3 Å². The van der Waals surface area contributed by atoms with Crippen LogP contribution < -0.4 is 0 Å². The Balaban J connectivity index is 1.49. The zero-order chi connectivity index (χ0) is 25.6. The molecule has 4 heteroatoms. The largest absolute Gasteiger partial charge is 0.462 e. The maximum atomic E-state index is 11.9. The molecule has 35 heavy (non-hydrogen) atoms. The fraction of sp³-hybridized carbons (Fsp3) is 0.968. The topological polar surface area (TPSA) is 55.8 Å². The Morgan fingerprint density at radius 2 is 1.54 bits per heavy atom. The molecule has 5 fully saturated rings. The van der Waals surface area contributed by atoms with Crippen LogP contribution in [-0.2, 0) is 14.4 Å². The van der Waals surface area contributed by atoms with E-state index >= 15 is 0 Å². The van der Waals surface area contributed by atoms with Gasteiger partial charge in [0, 0.05) is 12.3 Å². The van der Waals surface area contributed by atoms with Gasteiger partial charge in [0.2, 0.25) is 0 Å². The molecule has 5 aliphatic rings. The molecule has 1 N–H and O–H groups in total. The van der Waals surface area contributed by atoms with Crippen LogP contribution >= 0.6 is 0 Å². The zero-order valence-electron chi connectivity index (χ0n) is 23.8. The van der Waals surface area contributed by atoms with Gasteiger partial charge < -0.3 is 4.74 Å². The Morgan fingerprint density at radius 1 is 0.829 bits per heavy atom. The van der Waals surface area contributed by atoms with Crippen LogP contribution in [0.15, 0.2) is 0 Å². The van der Waals surface area contributed by atoms with Gasteiger partial charge in [0.05, 0.1) is 6.10 Å². The van der Waals surface area contributed by atoms with Crippen molar-refractivity contribution >= 4 is 5.97 Å². The lowest BCUT2D eigenvalue weighted by atomic mass is 9.32. The first-order valence-corrected chi connectivity index (χ1v) is 14.7. The second-order valence-electron chi connectivity index (χ2n) is 15.3. The lowest BCUT2D eigenvalue weighted by Gasteiger charge is -2.73. The number of carbonyl (C=O) groups is 1. The summed E-state index contributed by atoms with van der Waals surface area (Å²) in [7, 11) is 0. The van der Waals surface area contributed by atoms with Gasteiger partial charge in [-0.2, -0.15) is 0 Å². The molecule has 200 valence electrons. The van der Waals surface area contributed by atoms with Crippen molar-refractivity contribution in [2.75, 3.05) is 0 Å². The quantitative estimate of drug-likeness (QED) is 0.249. The highest BCUT2D eigenvalue weighted by molar-refractivity contribution is 5.66. The molecule has 0 aliphatic heterocycles. The molecule has 5 rings (SSSR count). The molecular weight excluding hydrogens is 436 g/mol. The monoisotopic (exact) mass is 488 g/mol. The van der Waals surface area contributed by atoms with E-state index in [1.165, 1.54) is 57.8 Å². The summed E-state index contributed by atoms with van der Waals surface area (Å²) in [6, 6.07) is 0. The molecule has 0 bridgehead atoms. The lowest BCUT2D eigenvalue weighted by molar-refractivity contribution is -0.296. The lowest BCUT2D eigenvalue weighted by Crippen LogP contribution is -2.66. The normalized spacial score (nSPS) is 53.5. The minimum atomic E-state index is -0.127. The standard InChI is InChI=1S/C31H52O4/c1-19(35-33)21-11-14-28(5)17-18-30(7)22(26(21)28)9-10-24-29(6)15-13-25(34-20(2)32)27(3,4)23(29)12-16-31(24,30)8/h19,21-26,33H,9-18H2,1-8H3/t19-,21-,22+,23-,24+,25+,26+,28+,29-,30+,31+/m0/s1. The number of fused-ring (bicyclic) bond motifs is 7. The van der Waals surface area contributed by atoms with E-state index in [9.17, 15) is 10.1 Å². The van der Waals surface area contributed by atoms with Crippen molar-refractivity contribution in [2.45, 2.75) is 132 Å². The van der Waals surface area contributed by atoms with E-state index in [-0.39, 0.29) is 23.6 Å². The van der Waals surface area contributed by atoms with Gasteiger partial charge in [0.25, 0.3) is 0 Å². The highest BCUT2D eigenvalue weighted by atomic mass is 17.1. The molecule has 0 aromatic carbocycles. The average molecular weight is 489 g/mol. The molecule has 0 heterocycles. The molecule has 11 atom stereocenters. The Kier molecular flexibility index (Phi) is 6.09. The fourth-order valence-electron chi connectivity index (χ4n) is 12.0. The van der Waals surface area contributed by atoms with E-state index in [0.29, 0.717) is 39.4 Å². The highest BCUT2D eigenvalue weighted by Gasteiger charge is 2.70. The molecule has 5 saturated carbocycles. The number of ether oxygens (including phenoxy) is 1. The predicted molar refractivity (Wildman–Crippen MR) is 139 cm³/mol. The third-order valence-electron chi connectivity index (χ3n) is 13.9. The summed E-state index contributed by atoms with van der Waals surface area (Å²) < 4.78 is 5.90. The summed E-state index contributed by atoms with van der Waals surface area (Å²) in [6.45, 7) is 18.9. The SMILES string of the molecule is CC(=O)O[C@@H]1CC[C@]2(C)[C@H]3CC[C@@H]4[C@H]5[C@H]([C@H](C)OO)CC[C@]5(C)CC[C@@]4(C)[C@]3(C)CC[C@H]2C1(C)C. The Bertz CT molecular complexity index is 853. The van der Waals surface area contributed by atoms with Crippen LogP contribution in [0.4, 0.5) is 0 Å². The molecule has 0 amide bonds. The molecule has 4 nitrogen and oxygen atoms in total. The number of rotatable bonds is 3. The van der Waals surface area contributed by atoms with E-state index in [1.54, 1.807) is 6.92 Å². The number of hydrogen-bond acceptors (Lipinski definition) is 4. The van der Waals surface area contributed by atoms with Crippen molar-refractivity contribution in [3.05, 3.63) is 0 Å². The summed E-state index contributed by atoms with van der Waals surface area (Å²) in [4.78, 5) is 16.9. The minimum Gasteiger partial charge on any atom is -0.462 e. The molecule has 0 aromatic rings. The van der Waals surface area contributed by atoms with Gasteiger partial charge in [-0.1, -0.05) is 41.5 Å². The van der Waals surface area contributed by atoms with Crippen LogP contribution in [-0.4, -0.2) is 23.4 Å². The van der Waals surface area contributed by atoms with Crippen molar-refractivity contribution in [1.29, 1.82) is 0 Å². The van der Waals surface area contributed by atoms with Crippen LogP contribution in [0.2, 0.25) is 0 Å². The van der Waals surface area contributed by atoms with Gasteiger partial charge in [-0.15, -0.1) is 0 Å². The van der Waals surface area contributed by atoms with E-state index < -0.39 is 0 Å². The third kappa shape index (κ3) is 3.40. The summed E-state index contributed by atoms with van der Waals surface area (Å²) in [5.41, 5.74) is 1.40. The minimum absolute atomic E-state index is 0.0212. The predicted octanol–water partition coefficient (Wildman–Crippen LogP) is 7.90. The summed E-state index contributed by atoms with van der Waals surface area (Å²) >= 11 is 0. The van der Waals surface area contributed by atoms with E-state index in [1.807, 2.05) is 0 Å². The van der Waals surface area contributed by atoms with Gasteiger partial charge in [0.1, 0.15) is 6.10 Å². The Morgan fingerprint density at radius 3 is 2.20 bits per heavy atom. The Hall–Kier alpha value is -0.610. The first kappa shape index (κ1) is 26.0. The maximum absolute atomic E-state index is 11.9. The third-order valence-corrected chi connectivity index (χ3v) is 13.9. The molecule has 0 saturated heterocycles. The van der Waals surface area contributed by atoms with Crippen molar-refractivity contribution in [3.8, 4) is 0 Å². The smallest absolute Gasteiger partial charge is 0.302 e. The van der Waals surface area contributed by atoms with Crippen molar-refractivity contribution < 1.29 is 19.7 Å². The zero-order valence-corrected chi connectivity index (χ0v) is 23.8. The van der Waals surface area contributed by atoms with Crippen LogP contribution in [0.1, 0.15) is 120 Å². The van der Waals surface area contributed by atoms with Gasteiger partial charge >= 0.3 is 5.97 Å². The molecule has 0 unspecified atom stereocenters. The number of hydrogen-bond donors (Lipinski definition) is 1. The highest BCUT2D eigenvalue weighted by Crippen LogP contribution is 2.77. The average Bonchev–Trinajstić information content (AvgIpc) is 3.13. The Labute approximate surface area is 214 Å². The van der Waals surface area contributed by atoms with Crippen molar-refractivity contribution in [3.63, 3.8) is 0 Å². The van der Waals surface area contributed by atoms with Gasteiger partial charge in [-0.3, -0.25) is 10.1 Å². The van der Waals surface area contributed by atoms with Crippen molar-refractivity contribution in [1.82, 2.24) is 0 Å². The van der Waals surface area contributed by atoms with Crippen molar-refractivity contribution in [2.24, 2.45) is 56.7 Å².